The lowest BCUT2D eigenvalue weighted by Crippen LogP contribution is -2.46. The minimum atomic E-state index is -0.732. The number of carbonyl (C=O) groups is 1. The quantitative estimate of drug-likeness (QED) is 0.320. The van der Waals surface area contributed by atoms with Gasteiger partial charge in [-0.3, -0.25) is 5.43 Å². The van der Waals surface area contributed by atoms with Gasteiger partial charge in [0, 0.05) is 37.9 Å². The van der Waals surface area contributed by atoms with Crippen molar-refractivity contribution in [2.45, 2.75) is 6.92 Å². The average Bonchev–Trinajstić information content (AvgIpc) is 2.49. The first-order valence-electron chi connectivity index (χ1n) is 6.69. The summed E-state index contributed by atoms with van der Waals surface area (Å²) in [6, 6.07) is 5.44. The van der Waals surface area contributed by atoms with Gasteiger partial charge in [0.25, 0.3) is 0 Å². The summed E-state index contributed by atoms with van der Waals surface area (Å²) in [5.74, 6) is 5.32. The second kappa shape index (κ2) is 6.44. The minimum absolute atomic E-state index is 0.323. The normalized spacial score (nSPS) is 16.0. The Morgan fingerprint density at radius 3 is 2.65 bits per heavy atom. The maximum absolute atomic E-state index is 11.2. The number of nitrogens with two attached hydrogens (primary N) is 2. The molecule has 1 aromatic rings. The molecule has 5 N–H and O–H groups in total. The SMILES string of the molecule is CCN1CCN(c2ccc(N)c(OC(=O)NN)c2)CC1. The molecule has 0 atom stereocenters. The molecule has 1 fully saturated rings. The van der Waals surface area contributed by atoms with Gasteiger partial charge in [-0.25, -0.2) is 10.6 Å². The molecule has 0 saturated carbocycles. The Morgan fingerprint density at radius 2 is 2.05 bits per heavy atom. The summed E-state index contributed by atoms with van der Waals surface area (Å²) in [5, 5.41) is 0. The van der Waals surface area contributed by atoms with Crippen LogP contribution in [0, 0.1) is 0 Å². The van der Waals surface area contributed by atoms with Crippen molar-refractivity contribution >= 4 is 17.5 Å². The van der Waals surface area contributed by atoms with Crippen LogP contribution in [0.25, 0.3) is 0 Å². The molecule has 1 saturated heterocycles. The van der Waals surface area contributed by atoms with Crippen molar-refractivity contribution < 1.29 is 9.53 Å². The molecule has 0 aromatic heterocycles. The van der Waals surface area contributed by atoms with E-state index < -0.39 is 6.09 Å². The number of carbonyl (C=O) groups excluding carboxylic acids is 1. The summed E-state index contributed by atoms with van der Waals surface area (Å²) in [7, 11) is 0. The third kappa shape index (κ3) is 3.31. The van der Waals surface area contributed by atoms with E-state index in [9.17, 15) is 4.79 Å². The lowest BCUT2D eigenvalue weighted by Gasteiger charge is -2.35. The number of ether oxygens (including phenoxy) is 1. The number of amides is 1. The number of rotatable bonds is 3. The van der Waals surface area contributed by atoms with Crippen molar-refractivity contribution in [1.29, 1.82) is 0 Å². The smallest absolute Gasteiger partial charge is 0.407 e. The van der Waals surface area contributed by atoms with Gasteiger partial charge in [0.15, 0.2) is 5.75 Å². The second-order valence-electron chi connectivity index (χ2n) is 4.68. The Morgan fingerprint density at radius 1 is 1.35 bits per heavy atom. The molecule has 1 aliphatic heterocycles. The van der Waals surface area contributed by atoms with Gasteiger partial charge in [-0.15, -0.1) is 0 Å². The fourth-order valence-corrected chi connectivity index (χ4v) is 2.26. The molecule has 7 nitrogen and oxygen atoms in total. The second-order valence-corrected chi connectivity index (χ2v) is 4.68. The van der Waals surface area contributed by atoms with E-state index in [1.807, 2.05) is 11.5 Å². The topological polar surface area (TPSA) is 96.8 Å². The van der Waals surface area contributed by atoms with Crippen molar-refractivity contribution in [2.24, 2.45) is 5.84 Å². The number of likely N-dealkylation sites (N-methyl/N-ethyl adjacent to an activating group) is 1. The van der Waals surface area contributed by atoms with Gasteiger partial charge < -0.3 is 20.3 Å². The van der Waals surface area contributed by atoms with Crippen molar-refractivity contribution in [1.82, 2.24) is 10.3 Å². The van der Waals surface area contributed by atoms with Crippen molar-refractivity contribution in [3.05, 3.63) is 18.2 Å². The molecule has 0 radical (unpaired) electrons. The van der Waals surface area contributed by atoms with Gasteiger partial charge >= 0.3 is 6.09 Å². The lowest BCUT2D eigenvalue weighted by molar-refractivity contribution is 0.201. The molecule has 1 aromatic carbocycles. The molecule has 2 rings (SSSR count). The molecule has 1 heterocycles. The molecule has 110 valence electrons. The van der Waals surface area contributed by atoms with Crippen LogP contribution in [0.5, 0.6) is 5.75 Å². The summed E-state index contributed by atoms with van der Waals surface area (Å²) in [6.45, 7) is 7.18. The zero-order valence-electron chi connectivity index (χ0n) is 11.6. The van der Waals surface area contributed by atoms with Crippen LogP contribution in [-0.2, 0) is 0 Å². The predicted molar refractivity (Wildman–Crippen MR) is 78.5 cm³/mol. The Kier molecular flexibility index (Phi) is 4.65. The van der Waals surface area contributed by atoms with E-state index in [1.54, 1.807) is 12.1 Å². The van der Waals surface area contributed by atoms with Gasteiger partial charge in [0.2, 0.25) is 0 Å². The zero-order chi connectivity index (χ0) is 14.5. The standard InChI is InChI=1S/C13H21N5O2/c1-2-17-5-7-18(8-6-17)10-3-4-11(14)12(9-10)20-13(19)16-15/h3-4,9H,2,5-8,14-15H2,1H3,(H,16,19). The highest BCUT2D eigenvalue weighted by Crippen LogP contribution is 2.28. The highest BCUT2D eigenvalue weighted by molar-refractivity contribution is 5.74. The monoisotopic (exact) mass is 279 g/mol. The van der Waals surface area contributed by atoms with E-state index in [-0.39, 0.29) is 0 Å². The molecule has 7 heteroatoms. The summed E-state index contributed by atoms with van der Waals surface area (Å²) < 4.78 is 5.03. The first-order valence-corrected chi connectivity index (χ1v) is 6.69. The third-order valence-electron chi connectivity index (χ3n) is 3.50. The van der Waals surface area contributed by atoms with Crippen LogP contribution in [0.1, 0.15) is 6.92 Å². The fourth-order valence-electron chi connectivity index (χ4n) is 2.26. The average molecular weight is 279 g/mol. The van der Waals surface area contributed by atoms with Crippen LogP contribution in [-0.4, -0.2) is 43.7 Å². The number of hydrazine groups is 1. The molecule has 1 amide bonds. The van der Waals surface area contributed by atoms with E-state index in [0.717, 1.165) is 38.4 Å². The first-order chi connectivity index (χ1) is 9.63. The predicted octanol–water partition coefficient (Wildman–Crippen LogP) is 0.373. The number of nitrogen functional groups attached to an aromatic ring is 1. The molecule has 20 heavy (non-hydrogen) atoms. The molecular weight excluding hydrogens is 258 g/mol. The highest BCUT2D eigenvalue weighted by Gasteiger charge is 2.17. The van der Waals surface area contributed by atoms with Gasteiger partial charge in [0.05, 0.1) is 5.69 Å². The zero-order valence-corrected chi connectivity index (χ0v) is 11.6. The Bertz CT molecular complexity index is 472. The van der Waals surface area contributed by atoms with Crippen LogP contribution in [0.4, 0.5) is 16.2 Å². The molecule has 0 bridgehead atoms. The number of hydrogen-bond acceptors (Lipinski definition) is 6. The summed E-state index contributed by atoms with van der Waals surface area (Å²) in [6.07, 6.45) is -0.732. The molecule has 1 aliphatic rings. The number of anilines is 2. The van der Waals surface area contributed by atoms with Crippen LogP contribution in [0.2, 0.25) is 0 Å². The largest absolute Gasteiger partial charge is 0.426 e. The number of piperazine rings is 1. The summed E-state index contributed by atoms with van der Waals surface area (Å²) >= 11 is 0. The van der Waals surface area contributed by atoms with Crippen molar-refractivity contribution in [3.63, 3.8) is 0 Å². The highest BCUT2D eigenvalue weighted by atomic mass is 16.6. The van der Waals surface area contributed by atoms with Gasteiger partial charge in [0.1, 0.15) is 0 Å². The van der Waals surface area contributed by atoms with Crippen LogP contribution >= 0.6 is 0 Å². The number of hydrogen-bond donors (Lipinski definition) is 3. The third-order valence-corrected chi connectivity index (χ3v) is 3.50. The van der Waals surface area contributed by atoms with Crippen LogP contribution < -0.4 is 26.6 Å². The minimum Gasteiger partial charge on any atom is -0.407 e. The first kappa shape index (κ1) is 14.4. The lowest BCUT2D eigenvalue weighted by atomic mass is 10.2. The number of benzene rings is 1. The van der Waals surface area contributed by atoms with Crippen molar-refractivity contribution in [3.8, 4) is 5.75 Å². The van der Waals surface area contributed by atoms with E-state index in [1.165, 1.54) is 0 Å². The van der Waals surface area contributed by atoms with E-state index in [4.69, 9.17) is 16.3 Å². The van der Waals surface area contributed by atoms with Gasteiger partial charge in [-0.1, -0.05) is 6.92 Å². The van der Waals surface area contributed by atoms with Crippen LogP contribution in [0.3, 0.4) is 0 Å². The fraction of sp³-hybridized carbons (Fsp3) is 0.462. The number of nitrogens with zero attached hydrogens (tertiary/aromatic N) is 2. The summed E-state index contributed by atoms with van der Waals surface area (Å²) in [4.78, 5) is 15.8. The maximum Gasteiger partial charge on any atom is 0.426 e. The Labute approximate surface area is 118 Å². The molecule has 0 aliphatic carbocycles. The van der Waals surface area contributed by atoms with E-state index >= 15 is 0 Å². The Hall–Kier alpha value is -1.99. The van der Waals surface area contributed by atoms with Gasteiger partial charge in [-0.2, -0.15) is 0 Å². The Balaban J connectivity index is 2.09. The summed E-state index contributed by atoms with van der Waals surface area (Å²) in [5.41, 5.74) is 9.11. The van der Waals surface area contributed by atoms with Crippen LogP contribution in [0.15, 0.2) is 18.2 Å². The molecule has 0 spiro atoms. The van der Waals surface area contributed by atoms with E-state index in [0.29, 0.717) is 11.4 Å². The van der Waals surface area contributed by atoms with E-state index in [2.05, 4.69) is 16.7 Å². The molecular formula is C13H21N5O2. The maximum atomic E-state index is 11.2. The van der Waals surface area contributed by atoms with Gasteiger partial charge in [-0.05, 0) is 18.7 Å². The number of nitrogens with one attached hydrogen (secondary N) is 1. The molecule has 0 unspecified atom stereocenters. The van der Waals surface area contributed by atoms with Crippen molar-refractivity contribution in [2.75, 3.05) is 43.4 Å².